The van der Waals surface area contributed by atoms with E-state index in [1.165, 1.54) is 12.8 Å². The van der Waals surface area contributed by atoms with E-state index in [1.807, 2.05) is 0 Å². The highest BCUT2D eigenvalue weighted by molar-refractivity contribution is 5.83. The minimum absolute atomic E-state index is 0.246. The fourth-order valence-corrected chi connectivity index (χ4v) is 3.29. The lowest BCUT2D eigenvalue weighted by Gasteiger charge is -2.30. The van der Waals surface area contributed by atoms with Gasteiger partial charge >= 0.3 is 12.0 Å². The molecule has 0 spiro atoms. The first-order valence-electron chi connectivity index (χ1n) is 7.04. The highest BCUT2D eigenvalue weighted by Gasteiger charge is 2.36. The number of aliphatic hydroxyl groups is 1. The molecule has 2 aliphatic rings. The third-order valence-corrected chi connectivity index (χ3v) is 4.28. The van der Waals surface area contributed by atoms with Crippen molar-refractivity contribution in [1.29, 1.82) is 0 Å². The number of carboxylic acid groups (broad SMARTS) is 1. The molecule has 1 aliphatic heterocycles. The summed E-state index contributed by atoms with van der Waals surface area (Å²) in [6.45, 7) is 0.105. The Balaban J connectivity index is 1.95. The van der Waals surface area contributed by atoms with Crippen LogP contribution in [-0.2, 0) is 4.79 Å². The van der Waals surface area contributed by atoms with Crippen LogP contribution in [0.2, 0.25) is 0 Å². The van der Waals surface area contributed by atoms with E-state index in [0.717, 1.165) is 25.7 Å². The van der Waals surface area contributed by atoms with E-state index >= 15 is 0 Å². The topological polar surface area (TPSA) is 89.9 Å². The van der Waals surface area contributed by atoms with E-state index in [9.17, 15) is 9.59 Å². The minimum atomic E-state index is -1.21. The van der Waals surface area contributed by atoms with Crippen LogP contribution in [0.1, 0.15) is 38.5 Å². The normalized spacial score (nSPS) is 25.5. The minimum Gasteiger partial charge on any atom is -0.480 e. The molecule has 2 rings (SSSR count). The molecule has 6 heteroatoms. The Bertz CT molecular complexity index is 342. The number of urea groups is 1. The Morgan fingerprint density at radius 2 is 1.89 bits per heavy atom. The van der Waals surface area contributed by atoms with Crippen molar-refractivity contribution in [3.05, 3.63) is 0 Å². The summed E-state index contributed by atoms with van der Waals surface area (Å²) in [6, 6.07) is -1.32. The number of aliphatic hydroxyl groups excluding tert-OH is 1. The molecule has 2 amide bonds. The summed E-state index contributed by atoms with van der Waals surface area (Å²) in [7, 11) is 0. The van der Waals surface area contributed by atoms with Crippen molar-refractivity contribution in [2.24, 2.45) is 5.92 Å². The predicted molar refractivity (Wildman–Crippen MR) is 68.7 cm³/mol. The van der Waals surface area contributed by atoms with Crippen molar-refractivity contribution < 1.29 is 19.8 Å². The first-order chi connectivity index (χ1) is 9.13. The van der Waals surface area contributed by atoms with Crippen LogP contribution < -0.4 is 5.32 Å². The molecule has 6 nitrogen and oxygen atoms in total. The molecule has 0 aromatic heterocycles. The van der Waals surface area contributed by atoms with Gasteiger partial charge in [-0.1, -0.05) is 12.8 Å². The van der Waals surface area contributed by atoms with Crippen LogP contribution in [-0.4, -0.2) is 52.3 Å². The van der Waals surface area contributed by atoms with Crippen LogP contribution >= 0.6 is 0 Å². The molecule has 1 saturated carbocycles. The second-order valence-electron chi connectivity index (χ2n) is 5.47. The van der Waals surface area contributed by atoms with Gasteiger partial charge in [0.2, 0.25) is 0 Å². The second kappa shape index (κ2) is 6.23. The van der Waals surface area contributed by atoms with Crippen LogP contribution in [0.15, 0.2) is 0 Å². The number of carboxylic acids is 1. The predicted octanol–water partition coefficient (Wildman–Crippen LogP) is 0.796. The maximum absolute atomic E-state index is 12.1. The van der Waals surface area contributed by atoms with Gasteiger partial charge in [-0.15, -0.1) is 0 Å². The van der Waals surface area contributed by atoms with Gasteiger partial charge in [0.05, 0.1) is 6.61 Å². The summed E-state index contributed by atoms with van der Waals surface area (Å²) in [4.78, 5) is 24.7. The molecule has 2 atom stereocenters. The molecule has 1 saturated heterocycles. The number of likely N-dealkylation sites (tertiary alicyclic amines) is 1. The Kier molecular flexibility index (Phi) is 4.63. The maximum Gasteiger partial charge on any atom is 0.328 e. The molecule has 0 aromatic carbocycles. The number of hydrogen-bond donors (Lipinski definition) is 3. The average Bonchev–Trinajstić information content (AvgIpc) is 3.03. The van der Waals surface area contributed by atoms with Crippen molar-refractivity contribution in [1.82, 2.24) is 10.2 Å². The molecule has 1 unspecified atom stereocenters. The molecule has 0 radical (unpaired) electrons. The number of nitrogens with one attached hydrogen (secondary N) is 1. The number of nitrogens with zero attached hydrogens (tertiary/aromatic N) is 1. The molecule has 0 aromatic rings. The zero-order chi connectivity index (χ0) is 13.8. The third kappa shape index (κ3) is 3.18. The third-order valence-electron chi connectivity index (χ3n) is 4.28. The van der Waals surface area contributed by atoms with Gasteiger partial charge in [-0.05, 0) is 31.6 Å². The number of amides is 2. The van der Waals surface area contributed by atoms with Crippen LogP contribution in [0.4, 0.5) is 4.79 Å². The SMILES string of the molecule is O=C(O)[C@H](CO)NC(=O)N1CCCC1C1CCCC1. The van der Waals surface area contributed by atoms with Gasteiger partial charge in [0, 0.05) is 12.6 Å². The summed E-state index contributed by atoms with van der Waals surface area (Å²) >= 11 is 0. The molecule has 1 aliphatic carbocycles. The van der Waals surface area contributed by atoms with Gasteiger partial charge < -0.3 is 20.4 Å². The molecule has 108 valence electrons. The standard InChI is InChI=1S/C13H22N2O4/c16-8-10(12(17)18)14-13(19)15-7-3-6-11(15)9-4-1-2-5-9/h9-11,16H,1-8H2,(H,14,19)(H,17,18)/t10-,11?/m0/s1. The molecule has 3 N–H and O–H groups in total. The average molecular weight is 270 g/mol. The highest BCUT2D eigenvalue weighted by Crippen LogP contribution is 2.35. The van der Waals surface area contributed by atoms with Gasteiger partial charge in [0.1, 0.15) is 0 Å². The highest BCUT2D eigenvalue weighted by atomic mass is 16.4. The summed E-state index contributed by atoms with van der Waals surface area (Å²) in [6.07, 6.45) is 6.77. The smallest absolute Gasteiger partial charge is 0.328 e. The van der Waals surface area contributed by atoms with Crippen LogP contribution in [0.3, 0.4) is 0 Å². The lowest BCUT2D eigenvalue weighted by Crippen LogP contribution is -2.51. The number of aliphatic carboxylic acids is 1. The van der Waals surface area contributed by atoms with Crippen LogP contribution in [0.5, 0.6) is 0 Å². The molecule has 19 heavy (non-hydrogen) atoms. The van der Waals surface area contributed by atoms with Crippen molar-refractivity contribution in [3.8, 4) is 0 Å². The number of carbonyl (C=O) groups is 2. The number of rotatable bonds is 4. The molecule has 0 bridgehead atoms. The Labute approximate surface area is 112 Å². The zero-order valence-electron chi connectivity index (χ0n) is 11.0. The maximum atomic E-state index is 12.1. The van der Waals surface area contributed by atoms with Crippen LogP contribution in [0.25, 0.3) is 0 Å². The zero-order valence-corrected chi connectivity index (χ0v) is 11.0. The molecule has 1 heterocycles. The van der Waals surface area contributed by atoms with Crippen LogP contribution in [0, 0.1) is 5.92 Å². The summed E-state index contributed by atoms with van der Waals surface area (Å²) < 4.78 is 0. The van der Waals surface area contributed by atoms with Gasteiger partial charge in [-0.2, -0.15) is 0 Å². The van der Waals surface area contributed by atoms with Gasteiger partial charge in [0.25, 0.3) is 0 Å². The summed E-state index contributed by atoms with van der Waals surface area (Å²) in [5.74, 6) is -0.641. The van der Waals surface area contributed by atoms with Crippen molar-refractivity contribution in [3.63, 3.8) is 0 Å². The lowest BCUT2D eigenvalue weighted by atomic mass is 9.96. The van der Waals surface area contributed by atoms with Crippen molar-refractivity contribution in [2.45, 2.75) is 50.6 Å². The first-order valence-corrected chi connectivity index (χ1v) is 7.04. The monoisotopic (exact) mass is 270 g/mol. The van der Waals surface area contributed by atoms with E-state index in [4.69, 9.17) is 10.2 Å². The van der Waals surface area contributed by atoms with E-state index in [1.54, 1.807) is 4.90 Å². The fourth-order valence-electron chi connectivity index (χ4n) is 3.29. The van der Waals surface area contributed by atoms with E-state index in [-0.39, 0.29) is 12.1 Å². The van der Waals surface area contributed by atoms with Crippen molar-refractivity contribution in [2.75, 3.05) is 13.2 Å². The first kappa shape index (κ1) is 14.1. The Morgan fingerprint density at radius 1 is 1.21 bits per heavy atom. The van der Waals surface area contributed by atoms with E-state index in [0.29, 0.717) is 12.5 Å². The van der Waals surface area contributed by atoms with E-state index in [2.05, 4.69) is 5.32 Å². The van der Waals surface area contributed by atoms with Gasteiger partial charge in [0.15, 0.2) is 6.04 Å². The Morgan fingerprint density at radius 3 is 2.47 bits per heavy atom. The second-order valence-corrected chi connectivity index (χ2v) is 5.47. The fraction of sp³-hybridized carbons (Fsp3) is 0.846. The molecular formula is C13H22N2O4. The number of carbonyl (C=O) groups excluding carboxylic acids is 1. The van der Waals surface area contributed by atoms with E-state index < -0.39 is 18.6 Å². The van der Waals surface area contributed by atoms with Crippen molar-refractivity contribution >= 4 is 12.0 Å². The number of hydrogen-bond acceptors (Lipinski definition) is 3. The Hall–Kier alpha value is -1.30. The quantitative estimate of drug-likeness (QED) is 0.704. The molecule has 2 fully saturated rings. The summed E-state index contributed by atoms with van der Waals surface area (Å²) in [5, 5.41) is 20.2. The summed E-state index contributed by atoms with van der Waals surface area (Å²) in [5.41, 5.74) is 0. The lowest BCUT2D eigenvalue weighted by molar-refractivity contribution is -0.140. The van der Waals surface area contributed by atoms with Gasteiger partial charge in [-0.3, -0.25) is 0 Å². The van der Waals surface area contributed by atoms with Gasteiger partial charge in [-0.25, -0.2) is 9.59 Å². The molecular weight excluding hydrogens is 248 g/mol. The largest absolute Gasteiger partial charge is 0.480 e.